The summed E-state index contributed by atoms with van der Waals surface area (Å²) >= 11 is 0. The van der Waals surface area contributed by atoms with Gasteiger partial charge >= 0.3 is 0 Å². The standard InChI is InChI=1S/C26H35N3O/c1-21-6-8-23(9-7-21)19-29-16-4-5-25(20-29)26(30)27-17-22-10-12-24(13-11-22)18-28-14-2-3-15-28/h6-13,25H,2-5,14-20H2,1H3,(H,27,30). The quantitative estimate of drug-likeness (QED) is 0.753. The van der Waals surface area contributed by atoms with Gasteiger partial charge in [0.2, 0.25) is 5.91 Å². The molecule has 0 aliphatic carbocycles. The van der Waals surface area contributed by atoms with Gasteiger partial charge in [0.1, 0.15) is 0 Å². The van der Waals surface area contributed by atoms with Crippen molar-refractivity contribution < 1.29 is 4.79 Å². The Kier molecular flexibility index (Phi) is 7.19. The fraction of sp³-hybridized carbons (Fsp3) is 0.500. The SMILES string of the molecule is Cc1ccc(CN2CCCC(C(=O)NCc3ccc(CN4CCCC4)cc3)C2)cc1. The number of benzene rings is 2. The molecule has 4 rings (SSSR count). The van der Waals surface area contributed by atoms with Crippen molar-refractivity contribution in [1.29, 1.82) is 0 Å². The largest absolute Gasteiger partial charge is 0.352 e. The number of hydrogen-bond acceptors (Lipinski definition) is 3. The van der Waals surface area contributed by atoms with Crippen LogP contribution in [0.1, 0.15) is 47.9 Å². The Morgan fingerprint density at radius 3 is 2.10 bits per heavy atom. The number of rotatable bonds is 7. The molecule has 4 heteroatoms. The van der Waals surface area contributed by atoms with Crippen LogP contribution in [0.2, 0.25) is 0 Å². The molecule has 1 amide bonds. The van der Waals surface area contributed by atoms with E-state index in [0.717, 1.165) is 39.0 Å². The Bertz CT molecular complexity index is 809. The number of nitrogens with zero attached hydrogens (tertiary/aromatic N) is 2. The van der Waals surface area contributed by atoms with E-state index in [0.29, 0.717) is 6.54 Å². The molecular formula is C26H35N3O. The molecule has 0 radical (unpaired) electrons. The van der Waals surface area contributed by atoms with Gasteiger partial charge in [-0.25, -0.2) is 0 Å². The van der Waals surface area contributed by atoms with Gasteiger partial charge in [-0.2, -0.15) is 0 Å². The molecule has 0 saturated carbocycles. The Balaban J connectivity index is 1.23. The Morgan fingerprint density at radius 1 is 0.833 bits per heavy atom. The summed E-state index contributed by atoms with van der Waals surface area (Å²) in [5.41, 5.74) is 5.17. The number of amides is 1. The number of nitrogens with one attached hydrogen (secondary N) is 1. The number of aryl methyl sites for hydroxylation is 1. The summed E-state index contributed by atoms with van der Waals surface area (Å²) in [6.07, 6.45) is 4.74. The average molecular weight is 406 g/mol. The van der Waals surface area contributed by atoms with E-state index in [1.54, 1.807) is 0 Å². The van der Waals surface area contributed by atoms with Gasteiger partial charge in [-0.3, -0.25) is 14.6 Å². The fourth-order valence-electron chi connectivity index (χ4n) is 4.66. The number of carbonyl (C=O) groups excluding carboxylic acids is 1. The van der Waals surface area contributed by atoms with Crippen molar-refractivity contribution in [3.05, 3.63) is 70.8 Å². The Labute approximate surface area is 181 Å². The highest BCUT2D eigenvalue weighted by Gasteiger charge is 2.25. The van der Waals surface area contributed by atoms with Gasteiger partial charge in [-0.1, -0.05) is 54.1 Å². The summed E-state index contributed by atoms with van der Waals surface area (Å²) in [5.74, 6) is 0.295. The van der Waals surface area contributed by atoms with Crippen molar-refractivity contribution in [2.24, 2.45) is 5.92 Å². The average Bonchev–Trinajstić information content (AvgIpc) is 3.28. The molecule has 4 nitrogen and oxygen atoms in total. The fourth-order valence-corrected chi connectivity index (χ4v) is 4.66. The first kappa shape index (κ1) is 21.1. The molecular weight excluding hydrogens is 370 g/mol. The minimum Gasteiger partial charge on any atom is -0.352 e. The maximum Gasteiger partial charge on any atom is 0.224 e. The van der Waals surface area contributed by atoms with Gasteiger partial charge in [-0.05, 0) is 68.9 Å². The first-order chi connectivity index (χ1) is 14.7. The van der Waals surface area contributed by atoms with E-state index in [1.807, 2.05) is 0 Å². The third-order valence-electron chi connectivity index (χ3n) is 6.50. The molecule has 2 saturated heterocycles. The van der Waals surface area contributed by atoms with Crippen LogP contribution in [-0.2, 0) is 24.4 Å². The summed E-state index contributed by atoms with van der Waals surface area (Å²) in [6, 6.07) is 17.5. The summed E-state index contributed by atoms with van der Waals surface area (Å²) in [4.78, 5) is 17.7. The van der Waals surface area contributed by atoms with E-state index in [9.17, 15) is 4.79 Å². The summed E-state index contributed by atoms with van der Waals surface area (Å²) < 4.78 is 0. The molecule has 30 heavy (non-hydrogen) atoms. The molecule has 2 heterocycles. The van der Waals surface area contributed by atoms with Crippen LogP contribution < -0.4 is 5.32 Å². The molecule has 2 aromatic carbocycles. The molecule has 1 atom stereocenters. The minimum atomic E-state index is 0.0960. The van der Waals surface area contributed by atoms with Gasteiger partial charge in [0.05, 0.1) is 5.92 Å². The second-order valence-electron chi connectivity index (χ2n) is 9.08. The third-order valence-corrected chi connectivity index (χ3v) is 6.50. The van der Waals surface area contributed by atoms with Crippen molar-refractivity contribution in [3.63, 3.8) is 0 Å². The van der Waals surface area contributed by atoms with Crippen LogP contribution in [0.15, 0.2) is 48.5 Å². The van der Waals surface area contributed by atoms with Crippen molar-refractivity contribution in [2.75, 3.05) is 26.2 Å². The highest BCUT2D eigenvalue weighted by molar-refractivity contribution is 5.79. The van der Waals surface area contributed by atoms with Crippen LogP contribution in [0, 0.1) is 12.8 Å². The number of carbonyl (C=O) groups is 1. The topological polar surface area (TPSA) is 35.6 Å². The van der Waals surface area contributed by atoms with E-state index >= 15 is 0 Å². The highest BCUT2D eigenvalue weighted by atomic mass is 16.1. The second-order valence-corrected chi connectivity index (χ2v) is 9.08. The maximum absolute atomic E-state index is 12.8. The van der Waals surface area contributed by atoms with E-state index in [1.165, 1.54) is 48.2 Å². The third kappa shape index (κ3) is 5.93. The zero-order valence-electron chi connectivity index (χ0n) is 18.3. The van der Waals surface area contributed by atoms with E-state index < -0.39 is 0 Å². The maximum atomic E-state index is 12.8. The highest BCUT2D eigenvalue weighted by Crippen LogP contribution is 2.19. The van der Waals surface area contributed by atoms with Crippen molar-refractivity contribution in [2.45, 2.75) is 52.2 Å². The second kappa shape index (κ2) is 10.2. The van der Waals surface area contributed by atoms with Crippen LogP contribution in [0.4, 0.5) is 0 Å². The van der Waals surface area contributed by atoms with Crippen molar-refractivity contribution in [3.8, 4) is 0 Å². The zero-order chi connectivity index (χ0) is 20.8. The normalized spacial score (nSPS) is 20.4. The lowest BCUT2D eigenvalue weighted by Gasteiger charge is -2.32. The van der Waals surface area contributed by atoms with Gasteiger partial charge in [0.25, 0.3) is 0 Å². The molecule has 0 bridgehead atoms. The monoisotopic (exact) mass is 405 g/mol. The molecule has 1 N–H and O–H groups in total. The Morgan fingerprint density at radius 2 is 1.40 bits per heavy atom. The molecule has 1 unspecified atom stereocenters. The lowest BCUT2D eigenvalue weighted by molar-refractivity contribution is -0.126. The smallest absolute Gasteiger partial charge is 0.224 e. The van der Waals surface area contributed by atoms with E-state index in [4.69, 9.17) is 0 Å². The van der Waals surface area contributed by atoms with Crippen LogP contribution in [0.5, 0.6) is 0 Å². The zero-order valence-corrected chi connectivity index (χ0v) is 18.3. The first-order valence-corrected chi connectivity index (χ1v) is 11.5. The molecule has 0 spiro atoms. The van der Waals surface area contributed by atoms with Crippen molar-refractivity contribution in [1.82, 2.24) is 15.1 Å². The van der Waals surface area contributed by atoms with Crippen LogP contribution in [0.25, 0.3) is 0 Å². The van der Waals surface area contributed by atoms with E-state index in [2.05, 4.69) is 70.6 Å². The summed E-state index contributed by atoms with van der Waals surface area (Å²) in [7, 11) is 0. The first-order valence-electron chi connectivity index (χ1n) is 11.5. The number of piperidine rings is 1. The molecule has 2 aromatic rings. The van der Waals surface area contributed by atoms with Crippen LogP contribution in [0.3, 0.4) is 0 Å². The molecule has 2 fully saturated rings. The van der Waals surface area contributed by atoms with Crippen molar-refractivity contribution >= 4 is 5.91 Å². The summed E-state index contributed by atoms with van der Waals surface area (Å²) in [5, 5.41) is 3.18. The minimum absolute atomic E-state index is 0.0960. The lowest BCUT2D eigenvalue weighted by Crippen LogP contribution is -2.42. The molecule has 2 aliphatic rings. The van der Waals surface area contributed by atoms with Crippen LogP contribution in [-0.4, -0.2) is 41.9 Å². The summed E-state index contributed by atoms with van der Waals surface area (Å²) in [6.45, 7) is 9.10. The molecule has 2 aliphatic heterocycles. The van der Waals surface area contributed by atoms with Gasteiger partial charge in [-0.15, -0.1) is 0 Å². The predicted molar refractivity (Wildman–Crippen MR) is 122 cm³/mol. The van der Waals surface area contributed by atoms with Crippen LogP contribution >= 0.6 is 0 Å². The van der Waals surface area contributed by atoms with E-state index in [-0.39, 0.29) is 11.8 Å². The lowest BCUT2D eigenvalue weighted by atomic mass is 9.96. The van der Waals surface area contributed by atoms with Gasteiger partial charge in [0, 0.05) is 26.2 Å². The number of likely N-dealkylation sites (tertiary alicyclic amines) is 2. The molecule has 0 aromatic heterocycles. The van der Waals surface area contributed by atoms with Gasteiger partial charge in [0.15, 0.2) is 0 Å². The Hall–Kier alpha value is -2.17. The number of hydrogen-bond donors (Lipinski definition) is 1. The predicted octanol–water partition coefficient (Wildman–Crippen LogP) is 4.12. The van der Waals surface area contributed by atoms with Gasteiger partial charge < -0.3 is 5.32 Å². The molecule has 160 valence electrons.